The van der Waals surface area contributed by atoms with Crippen molar-refractivity contribution in [1.29, 1.82) is 0 Å². The van der Waals surface area contributed by atoms with Gasteiger partial charge in [0.15, 0.2) is 5.78 Å². The summed E-state index contributed by atoms with van der Waals surface area (Å²) in [6, 6.07) is 11.0. The molecule has 3 rings (SSSR count). The standard InChI is InChI=1S/C17H14BrNO2/c1-10-2-5-13(15(18)8-10)16(20)12-4-3-11-6-7-19-17(21)14(11)9-12/h2-5,8-9H,6-7H2,1H3,(H,19,21). The molecule has 21 heavy (non-hydrogen) atoms. The van der Waals surface area contributed by atoms with E-state index in [2.05, 4.69) is 21.2 Å². The fourth-order valence-electron chi connectivity index (χ4n) is 2.51. The van der Waals surface area contributed by atoms with E-state index in [0.717, 1.165) is 22.0 Å². The zero-order valence-corrected chi connectivity index (χ0v) is 13.2. The number of amides is 1. The molecule has 0 fully saturated rings. The van der Waals surface area contributed by atoms with Crippen LogP contribution in [0, 0.1) is 6.92 Å². The van der Waals surface area contributed by atoms with Crippen LogP contribution in [0.4, 0.5) is 0 Å². The van der Waals surface area contributed by atoms with Gasteiger partial charge < -0.3 is 5.32 Å². The third-order valence-electron chi connectivity index (χ3n) is 3.67. The molecule has 2 aromatic carbocycles. The third-order valence-corrected chi connectivity index (χ3v) is 4.32. The molecule has 1 N–H and O–H groups in total. The molecule has 1 heterocycles. The Hall–Kier alpha value is -1.94. The average molecular weight is 344 g/mol. The van der Waals surface area contributed by atoms with E-state index in [1.165, 1.54) is 0 Å². The number of carbonyl (C=O) groups excluding carboxylic acids is 2. The predicted molar refractivity (Wildman–Crippen MR) is 84.8 cm³/mol. The number of hydrogen-bond donors (Lipinski definition) is 1. The Morgan fingerprint density at radius 2 is 2.00 bits per heavy atom. The summed E-state index contributed by atoms with van der Waals surface area (Å²) in [7, 11) is 0. The summed E-state index contributed by atoms with van der Waals surface area (Å²) < 4.78 is 0.773. The second-order valence-corrected chi connectivity index (χ2v) is 6.04. The van der Waals surface area contributed by atoms with E-state index < -0.39 is 0 Å². The number of ketones is 1. The number of hydrogen-bond acceptors (Lipinski definition) is 2. The van der Waals surface area contributed by atoms with Gasteiger partial charge in [-0.05, 0) is 42.7 Å². The van der Waals surface area contributed by atoms with Gasteiger partial charge in [-0.1, -0.05) is 34.1 Å². The molecule has 2 aromatic rings. The van der Waals surface area contributed by atoms with Gasteiger partial charge in [0.05, 0.1) is 0 Å². The van der Waals surface area contributed by atoms with E-state index in [4.69, 9.17) is 0 Å². The van der Waals surface area contributed by atoms with Gasteiger partial charge in [-0.25, -0.2) is 0 Å². The van der Waals surface area contributed by atoms with Crippen molar-refractivity contribution in [3.05, 3.63) is 68.7 Å². The minimum atomic E-state index is -0.103. The van der Waals surface area contributed by atoms with Gasteiger partial charge in [-0.3, -0.25) is 9.59 Å². The molecule has 1 aliphatic rings. The molecule has 0 spiro atoms. The molecule has 1 aliphatic heterocycles. The lowest BCUT2D eigenvalue weighted by Crippen LogP contribution is -2.32. The second kappa shape index (κ2) is 5.45. The second-order valence-electron chi connectivity index (χ2n) is 5.19. The summed E-state index contributed by atoms with van der Waals surface area (Å²) in [5.74, 6) is -0.183. The molecular weight excluding hydrogens is 330 g/mol. The van der Waals surface area contributed by atoms with Crippen LogP contribution in [0.2, 0.25) is 0 Å². The lowest BCUT2D eigenvalue weighted by Gasteiger charge is -2.17. The molecule has 3 nitrogen and oxygen atoms in total. The van der Waals surface area contributed by atoms with Crippen LogP contribution >= 0.6 is 15.9 Å². The zero-order chi connectivity index (χ0) is 15.0. The van der Waals surface area contributed by atoms with E-state index >= 15 is 0 Å². The molecule has 0 aromatic heterocycles. The Labute approximate surface area is 131 Å². The van der Waals surface area contributed by atoms with Gasteiger partial charge in [0.2, 0.25) is 0 Å². The van der Waals surface area contributed by atoms with Crippen LogP contribution in [0.25, 0.3) is 0 Å². The summed E-state index contributed by atoms with van der Waals surface area (Å²) in [5.41, 5.74) is 3.84. The first-order valence-electron chi connectivity index (χ1n) is 6.78. The SMILES string of the molecule is Cc1ccc(C(=O)c2ccc3c(c2)C(=O)NCC3)c(Br)c1. The van der Waals surface area contributed by atoms with Crippen LogP contribution in [-0.4, -0.2) is 18.2 Å². The van der Waals surface area contributed by atoms with Crippen LogP contribution in [0.1, 0.15) is 37.4 Å². The highest BCUT2D eigenvalue weighted by molar-refractivity contribution is 9.10. The number of fused-ring (bicyclic) bond motifs is 1. The Kier molecular flexibility index (Phi) is 3.64. The monoisotopic (exact) mass is 343 g/mol. The predicted octanol–water partition coefficient (Wildman–Crippen LogP) is 3.27. The minimum Gasteiger partial charge on any atom is -0.352 e. The number of aryl methyl sites for hydroxylation is 1. The molecule has 1 amide bonds. The lowest BCUT2D eigenvalue weighted by atomic mass is 9.94. The van der Waals surface area contributed by atoms with E-state index in [0.29, 0.717) is 23.2 Å². The van der Waals surface area contributed by atoms with Gasteiger partial charge in [0.25, 0.3) is 5.91 Å². The highest BCUT2D eigenvalue weighted by atomic mass is 79.9. The lowest BCUT2D eigenvalue weighted by molar-refractivity contribution is 0.0946. The Bertz CT molecular complexity index is 752. The van der Waals surface area contributed by atoms with Crippen LogP contribution in [0.15, 0.2) is 40.9 Å². The Balaban J connectivity index is 2.02. The highest BCUT2D eigenvalue weighted by Crippen LogP contribution is 2.23. The van der Waals surface area contributed by atoms with E-state index in [9.17, 15) is 9.59 Å². The largest absolute Gasteiger partial charge is 0.352 e. The number of halogens is 1. The van der Waals surface area contributed by atoms with Crippen molar-refractivity contribution >= 4 is 27.6 Å². The third kappa shape index (κ3) is 2.63. The molecule has 0 atom stereocenters. The average Bonchev–Trinajstić information content (AvgIpc) is 2.47. The maximum absolute atomic E-state index is 12.6. The zero-order valence-electron chi connectivity index (χ0n) is 11.6. The first-order chi connectivity index (χ1) is 10.1. The molecule has 0 saturated heterocycles. The van der Waals surface area contributed by atoms with Crippen LogP contribution in [-0.2, 0) is 6.42 Å². The molecule has 106 valence electrons. The summed E-state index contributed by atoms with van der Waals surface area (Å²) in [6.07, 6.45) is 0.809. The number of carbonyl (C=O) groups is 2. The van der Waals surface area contributed by atoms with Gasteiger partial charge in [0, 0.05) is 27.7 Å². The van der Waals surface area contributed by atoms with Gasteiger partial charge >= 0.3 is 0 Å². The van der Waals surface area contributed by atoms with Crippen molar-refractivity contribution in [2.45, 2.75) is 13.3 Å². The maximum Gasteiger partial charge on any atom is 0.251 e. The first kappa shape index (κ1) is 14.0. The Morgan fingerprint density at radius 3 is 2.76 bits per heavy atom. The van der Waals surface area contributed by atoms with E-state index in [-0.39, 0.29) is 11.7 Å². The molecule has 0 radical (unpaired) electrons. The van der Waals surface area contributed by atoms with Crippen LogP contribution < -0.4 is 5.32 Å². The van der Waals surface area contributed by atoms with E-state index in [1.807, 2.05) is 25.1 Å². The van der Waals surface area contributed by atoms with Crippen LogP contribution in [0.5, 0.6) is 0 Å². The van der Waals surface area contributed by atoms with Crippen molar-refractivity contribution in [1.82, 2.24) is 5.32 Å². The molecule has 4 heteroatoms. The van der Waals surface area contributed by atoms with Gasteiger partial charge in [-0.15, -0.1) is 0 Å². The van der Waals surface area contributed by atoms with Gasteiger partial charge in [0.1, 0.15) is 0 Å². The minimum absolute atomic E-state index is 0.0805. The molecule has 0 saturated carbocycles. The fraction of sp³-hybridized carbons (Fsp3) is 0.176. The molecular formula is C17H14BrNO2. The number of rotatable bonds is 2. The summed E-state index contributed by atoms with van der Waals surface area (Å²) in [4.78, 5) is 24.5. The maximum atomic E-state index is 12.6. The normalized spacial score (nSPS) is 13.5. The van der Waals surface area contributed by atoms with E-state index in [1.54, 1.807) is 18.2 Å². The van der Waals surface area contributed by atoms with Crippen LogP contribution in [0.3, 0.4) is 0 Å². The number of benzene rings is 2. The summed E-state index contributed by atoms with van der Waals surface area (Å²) >= 11 is 3.43. The smallest absolute Gasteiger partial charge is 0.251 e. The fourth-order valence-corrected chi connectivity index (χ4v) is 3.19. The summed E-state index contributed by atoms with van der Waals surface area (Å²) in [5, 5.41) is 2.80. The quantitative estimate of drug-likeness (QED) is 0.850. The van der Waals surface area contributed by atoms with Crippen molar-refractivity contribution in [3.8, 4) is 0 Å². The van der Waals surface area contributed by atoms with Crippen molar-refractivity contribution < 1.29 is 9.59 Å². The molecule has 0 aliphatic carbocycles. The number of nitrogens with one attached hydrogen (secondary N) is 1. The first-order valence-corrected chi connectivity index (χ1v) is 7.57. The highest BCUT2D eigenvalue weighted by Gasteiger charge is 2.20. The molecule has 0 bridgehead atoms. The Morgan fingerprint density at radius 1 is 1.19 bits per heavy atom. The van der Waals surface area contributed by atoms with Crippen molar-refractivity contribution in [2.75, 3.05) is 6.54 Å². The van der Waals surface area contributed by atoms with Crippen molar-refractivity contribution in [3.63, 3.8) is 0 Å². The van der Waals surface area contributed by atoms with Gasteiger partial charge in [-0.2, -0.15) is 0 Å². The summed E-state index contributed by atoms with van der Waals surface area (Å²) in [6.45, 7) is 2.63. The molecule has 0 unspecified atom stereocenters. The van der Waals surface area contributed by atoms with Crippen molar-refractivity contribution in [2.24, 2.45) is 0 Å². The topological polar surface area (TPSA) is 46.2 Å².